The third-order valence-corrected chi connectivity index (χ3v) is 11.4. The second-order valence-corrected chi connectivity index (χ2v) is 17.0. The number of benzene rings is 4. The summed E-state index contributed by atoms with van der Waals surface area (Å²) in [6.45, 7) is 12.7. The van der Waals surface area contributed by atoms with E-state index < -0.39 is 12.2 Å². The number of fused-ring (bicyclic) bond motifs is 4. The molecule has 2 heterocycles. The number of hydrogen-bond acceptors (Lipinski definition) is 18. The Bertz CT molecular complexity index is 2200. The van der Waals surface area contributed by atoms with Crippen molar-refractivity contribution >= 4 is 0 Å². The minimum absolute atomic E-state index is 0.0586. The fourth-order valence-corrected chi connectivity index (χ4v) is 7.44. The van der Waals surface area contributed by atoms with Crippen LogP contribution in [0.3, 0.4) is 0 Å². The zero-order chi connectivity index (χ0) is 50.9. The minimum atomic E-state index is -0.696. The molecule has 2 atom stereocenters. The molecule has 4 aromatic rings. The highest BCUT2D eigenvalue weighted by atomic mass is 16.6. The van der Waals surface area contributed by atoms with E-state index in [1.807, 2.05) is 36.4 Å². The average Bonchev–Trinajstić information content (AvgIpc) is 3.39. The molecule has 2 aliphatic rings. The van der Waals surface area contributed by atoms with E-state index in [0.29, 0.717) is 128 Å². The Morgan fingerprint density at radius 3 is 0.972 bits per heavy atom. The van der Waals surface area contributed by atoms with Crippen LogP contribution >= 0.6 is 0 Å². The highest BCUT2D eigenvalue weighted by Crippen LogP contribution is 2.41. The molecule has 398 valence electrons. The lowest BCUT2D eigenvalue weighted by Crippen LogP contribution is -2.41. The van der Waals surface area contributed by atoms with Crippen LogP contribution in [0.15, 0.2) is 60.7 Å². The van der Waals surface area contributed by atoms with E-state index in [0.717, 1.165) is 11.1 Å². The van der Waals surface area contributed by atoms with Gasteiger partial charge in [0.1, 0.15) is 65.1 Å². The van der Waals surface area contributed by atoms with E-state index in [2.05, 4.69) is 27.7 Å². The Morgan fingerprint density at radius 2 is 0.611 bits per heavy atom. The maximum Gasteiger partial charge on any atom is 0.165 e. The van der Waals surface area contributed by atoms with Gasteiger partial charge in [-0.3, -0.25) is 0 Å². The minimum Gasteiger partial charge on any atom is -0.493 e. The van der Waals surface area contributed by atoms with Gasteiger partial charge in [0.2, 0.25) is 0 Å². The monoisotopic (exact) mass is 1010 g/mol. The van der Waals surface area contributed by atoms with Gasteiger partial charge in [-0.1, -0.05) is 39.8 Å². The van der Waals surface area contributed by atoms with Crippen molar-refractivity contribution in [1.82, 2.24) is 0 Å². The Labute approximate surface area is 424 Å². The van der Waals surface area contributed by atoms with Gasteiger partial charge >= 0.3 is 0 Å². The first-order chi connectivity index (χ1) is 35.2. The molecule has 0 N–H and O–H groups in total. The van der Waals surface area contributed by atoms with E-state index in [9.17, 15) is 0 Å². The summed E-state index contributed by atoms with van der Waals surface area (Å²) in [7, 11) is 6.23. The van der Waals surface area contributed by atoms with Gasteiger partial charge in [-0.15, -0.1) is 0 Å². The molecule has 0 spiro atoms. The van der Waals surface area contributed by atoms with Crippen molar-refractivity contribution in [1.29, 1.82) is 0 Å². The van der Waals surface area contributed by atoms with Crippen molar-refractivity contribution in [2.45, 2.75) is 51.7 Å². The van der Waals surface area contributed by atoms with E-state index >= 15 is 0 Å². The largest absolute Gasteiger partial charge is 0.493 e. The summed E-state index contributed by atoms with van der Waals surface area (Å²) >= 11 is 0. The fraction of sp³-hybridized carbons (Fsp3) is 0.556. The molecule has 2 aliphatic heterocycles. The topological polar surface area (TPSA) is 166 Å². The summed E-state index contributed by atoms with van der Waals surface area (Å²) in [5, 5.41) is 0. The summed E-state index contributed by atoms with van der Waals surface area (Å²) in [5.41, 5.74) is 2.20. The van der Waals surface area contributed by atoms with Gasteiger partial charge in [0, 0.05) is 24.3 Å². The Kier molecular flexibility index (Phi) is 23.4. The molecular weight excluding hydrogens is 937 g/mol. The first-order valence-corrected chi connectivity index (χ1v) is 24.6. The zero-order valence-corrected chi connectivity index (χ0v) is 43.2. The molecule has 2 unspecified atom stereocenters. The molecule has 0 saturated heterocycles. The average molecular weight is 1010 g/mol. The van der Waals surface area contributed by atoms with Crippen molar-refractivity contribution < 1.29 is 85.3 Å². The SMILES string of the molecule is COc1cc2c(cc1OC)OCCOCC(C1COc3cc(C(C)C)ccc3OCCOCCOc3cc(C(C)C)ccc3OCCO1)OCCOc1cc(OC)c(OC)cc1OCCOCCOCCO2. The van der Waals surface area contributed by atoms with E-state index in [1.165, 1.54) is 0 Å². The van der Waals surface area contributed by atoms with Crippen LogP contribution in [0.25, 0.3) is 0 Å². The predicted octanol–water partition coefficient (Wildman–Crippen LogP) is 7.96. The molecule has 6 rings (SSSR count). The summed E-state index contributed by atoms with van der Waals surface area (Å²) in [5.74, 6) is 6.53. The van der Waals surface area contributed by atoms with E-state index in [4.69, 9.17) is 85.3 Å². The second-order valence-electron chi connectivity index (χ2n) is 17.0. The number of hydrogen-bond donors (Lipinski definition) is 0. The van der Waals surface area contributed by atoms with Crippen LogP contribution in [0, 0.1) is 0 Å². The van der Waals surface area contributed by atoms with Crippen LogP contribution in [0.1, 0.15) is 50.7 Å². The second kappa shape index (κ2) is 30.3. The van der Waals surface area contributed by atoms with Gasteiger partial charge < -0.3 is 85.3 Å². The van der Waals surface area contributed by atoms with E-state index in [-0.39, 0.29) is 72.0 Å². The van der Waals surface area contributed by atoms with Gasteiger partial charge in [-0.05, 0) is 47.2 Å². The zero-order valence-electron chi connectivity index (χ0n) is 43.2. The summed E-state index contributed by atoms with van der Waals surface area (Å²) in [6.07, 6.45) is -1.39. The molecule has 4 aromatic carbocycles. The lowest BCUT2D eigenvalue weighted by molar-refractivity contribution is -0.123. The van der Waals surface area contributed by atoms with Crippen LogP contribution in [0.2, 0.25) is 0 Å². The molecule has 0 saturated carbocycles. The molecule has 72 heavy (non-hydrogen) atoms. The quantitative estimate of drug-likeness (QED) is 0.175. The normalized spacial score (nSPS) is 18.9. The van der Waals surface area contributed by atoms with Crippen LogP contribution < -0.4 is 56.8 Å². The smallest absolute Gasteiger partial charge is 0.165 e. The number of rotatable bonds is 7. The molecule has 0 radical (unpaired) electrons. The van der Waals surface area contributed by atoms with Crippen LogP contribution in [0.5, 0.6) is 69.0 Å². The van der Waals surface area contributed by atoms with E-state index in [1.54, 1.807) is 52.7 Å². The first-order valence-electron chi connectivity index (χ1n) is 24.6. The molecular formula is C54H74O18. The molecule has 0 aromatic heterocycles. The van der Waals surface area contributed by atoms with Crippen molar-refractivity contribution in [3.05, 3.63) is 71.8 Å². The maximum absolute atomic E-state index is 6.66. The molecule has 0 fully saturated rings. The predicted molar refractivity (Wildman–Crippen MR) is 267 cm³/mol. The Hall–Kier alpha value is -5.76. The molecule has 0 amide bonds. The summed E-state index contributed by atoms with van der Waals surface area (Å²) in [4.78, 5) is 0. The van der Waals surface area contributed by atoms with Crippen LogP contribution in [-0.2, 0) is 28.4 Å². The fourth-order valence-electron chi connectivity index (χ4n) is 7.44. The number of methoxy groups -OCH3 is 4. The van der Waals surface area contributed by atoms with Gasteiger partial charge in [0.25, 0.3) is 0 Å². The Balaban J connectivity index is 1.27. The highest BCUT2D eigenvalue weighted by molar-refractivity contribution is 5.55. The molecule has 0 bridgehead atoms. The van der Waals surface area contributed by atoms with Gasteiger partial charge in [0.05, 0.1) is 94.5 Å². The molecule has 18 nitrogen and oxygen atoms in total. The van der Waals surface area contributed by atoms with Gasteiger partial charge in [-0.2, -0.15) is 0 Å². The van der Waals surface area contributed by atoms with Crippen molar-refractivity contribution in [3.63, 3.8) is 0 Å². The lowest BCUT2D eigenvalue weighted by Gasteiger charge is -2.28. The maximum atomic E-state index is 6.66. The third-order valence-electron chi connectivity index (χ3n) is 11.4. The first kappa shape index (κ1) is 55.6. The van der Waals surface area contributed by atoms with Gasteiger partial charge in [0.15, 0.2) is 69.0 Å². The standard InChI is InChI=1S/C54H74O18/c1-37(2)39-9-11-41-47(29-39)65-21-18-61-15-20-63-42-12-10-40(38(3)4)30-48(42)72-36-54(71-27-25-64-41)53-35-62-19-24-68-50-32-44(56-6)43(55-5)31-49(50)66-22-16-59-13-14-60-17-23-67-51-33-45(57-7)46(58-8)34-52(51)69-26-28-70-53/h9-12,29-34,37-38,53-54H,13-28,35-36H2,1-8H3. The highest BCUT2D eigenvalue weighted by Gasteiger charge is 2.27. The third kappa shape index (κ3) is 17.2. The van der Waals surface area contributed by atoms with Crippen molar-refractivity contribution in [2.24, 2.45) is 0 Å². The molecule has 0 aliphatic carbocycles. The van der Waals surface area contributed by atoms with Crippen molar-refractivity contribution in [2.75, 3.05) is 147 Å². The summed E-state index contributed by atoms with van der Waals surface area (Å²) in [6, 6.07) is 18.8. The summed E-state index contributed by atoms with van der Waals surface area (Å²) < 4.78 is 110. The van der Waals surface area contributed by atoms with Crippen LogP contribution in [0.4, 0.5) is 0 Å². The lowest BCUT2D eigenvalue weighted by atomic mass is 10.0. The van der Waals surface area contributed by atoms with Gasteiger partial charge in [-0.25, -0.2) is 0 Å². The number of ether oxygens (including phenoxy) is 18. The van der Waals surface area contributed by atoms with Crippen molar-refractivity contribution in [3.8, 4) is 69.0 Å². The molecule has 18 heteroatoms. The van der Waals surface area contributed by atoms with Crippen LogP contribution in [-0.4, -0.2) is 160 Å². The Morgan fingerprint density at radius 1 is 0.319 bits per heavy atom.